The predicted octanol–water partition coefficient (Wildman–Crippen LogP) is -1.93. The normalized spacial score (nSPS) is 27.7. The molecule has 2 atom stereocenters. The average molecular weight is 256 g/mol. The molecule has 1 aromatic heterocycles. The van der Waals surface area contributed by atoms with Crippen LogP contribution < -0.4 is 16.6 Å². The first-order valence-corrected chi connectivity index (χ1v) is 5.51. The fraction of sp³-hybridized carbons (Fsp3) is 0.600. The zero-order chi connectivity index (χ0) is 13.3. The first-order valence-electron chi connectivity index (χ1n) is 5.51. The number of hydrogen-bond donors (Lipinski definition) is 3. The Morgan fingerprint density at radius 1 is 1.67 bits per heavy atom. The zero-order valence-electron chi connectivity index (χ0n) is 9.98. The van der Waals surface area contributed by atoms with Crippen molar-refractivity contribution in [1.82, 2.24) is 9.66 Å². The Hall–Kier alpha value is -1.64. The Bertz CT molecular complexity index is 491. The summed E-state index contributed by atoms with van der Waals surface area (Å²) in [6.45, 7) is 1.63. The van der Waals surface area contributed by atoms with E-state index in [9.17, 15) is 15.0 Å². The molecule has 0 spiro atoms. The van der Waals surface area contributed by atoms with Crippen LogP contribution in [0.25, 0.3) is 0 Å². The third kappa shape index (κ3) is 2.05. The van der Waals surface area contributed by atoms with Crippen molar-refractivity contribution >= 4 is 5.82 Å². The third-order valence-electron chi connectivity index (χ3n) is 3.10. The first kappa shape index (κ1) is 12.8. The van der Waals surface area contributed by atoms with Gasteiger partial charge in [-0.25, -0.2) is 4.79 Å². The van der Waals surface area contributed by atoms with Gasteiger partial charge >= 0.3 is 5.69 Å². The molecule has 1 aliphatic heterocycles. The number of hydroxylamine groups is 1. The zero-order valence-corrected chi connectivity index (χ0v) is 9.98. The number of nitrogen functional groups attached to an aromatic ring is 1. The molecule has 0 amide bonds. The molecule has 0 radical (unpaired) electrons. The van der Waals surface area contributed by atoms with E-state index in [4.69, 9.17) is 10.6 Å². The van der Waals surface area contributed by atoms with E-state index in [0.717, 1.165) is 4.68 Å². The van der Waals surface area contributed by atoms with Gasteiger partial charge in [0.25, 0.3) is 0 Å². The summed E-state index contributed by atoms with van der Waals surface area (Å²) in [6.07, 6.45) is 0.856. The summed E-state index contributed by atoms with van der Waals surface area (Å²) in [7, 11) is 0. The van der Waals surface area contributed by atoms with Crippen molar-refractivity contribution in [1.29, 1.82) is 0 Å². The highest BCUT2D eigenvalue weighted by molar-refractivity contribution is 5.23. The highest BCUT2D eigenvalue weighted by Gasteiger charge is 2.44. The van der Waals surface area contributed by atoms with Crippen LogP contribution in [0.15, 0.2) is 17.1 Å². The summed E-state index contributed by atoms with van der Waals surface area (Å²) in [6, 6.07) is 1.47. The van der Waals surface area contributed by atoms with Crippen LogP contribution in [0, 0.1) is 5.41 Å². The maximum atomic E-state index is 11.6. The van der Waals surface area contributed by atoms with Crippen LogP contribution in [0.5, 0.6) is 0 Å². The van der Waals surface area contributed by atoms with Gasteiger partial charge in [0.15, 0.2) is 0 Å². The van der Waals surface area contributed by atoms with Crippen molar-refractivity contribution in [3.8, 4) is 0 Å². The van der Waals surface area contributed by atoms with Crippen molar-refractivity contribution in [2.24, 2.45) is 5.41 Å². The molecule has 1 unspecified atom stereocenters. The monoisotopic (exact) mass is 256 g/mol. The maximum Gasteiger partial charge on any atom is 0.370 e. The number of aromatic nitrogens is 2. The Morgan fingerprint density at radius 3 is 2.89 bits per heavy atom. The molecule has 1 aliphatic rings. The molecule has 100 valence electrons. The smallest absolute Gasteiger partial charge is 0.370 e. The minimum Gasteiger partial charge on any atom is -0.396 e. The highest BCUT2D eigenvalue weighted by Crippen LogP contribution is 2.30. The SMILES string of the molecule is CC1(CO)CN(n2ccc(N)nc2=O)O[C@@H]1CO. The van der Waals surface area contributed by atoms with Crippen molar-refractivity contribution in [3.05, 3.63) is 22.7 Å². The summed E-state index contributed by atoms with van der Waals surface area (Å²) < 4.78 is 1.15. The number of hydrogen-bond acceptors (Lipinski definition) is 7. The van der Waals surface area contributed by atoms with Gasteiger partial charge in [0.1, 0.15) is 11.9 Å². The number of aliphatic hydroxyl groups excluding tert-OH is 2. The molecule has 0 saturated carbocycles. The minimum atomic E-state index is -0.643. The molecule has 8 heteroatoms. The fourth-order valence-corrected chi connectivity index (χ4v) is 1.83. The van der Waals surface area contributed by atoms with Gasteiger partial charge < -0.3 is 15.9 Å². The largest absolute Gasteiger partial charge is 0.396 e. The van der Waals surface area contributed by atoms with Crippen LogP contribution in [-0.4, -0.2) is 45.7 Å². The van der Waals surface area contributed by atoms with Gasteiger partial charge in [-0.05, 0) is 6.07 Å². The molecule has 0 aliphatic carbocycles. The molecule has 1 aromatic rings. The predicted molar refractivity (Wildman–Crippen MR) is 63.1 cm³/mol. The van der Waals surface area contributed by atoms with E-state index in [1.54, 1.807) is 6.92 Å². The second-order valence-electron chi connectivity index (χ2n) is 4.58. The van der Waals surface area contributed by atoms with Gasteiger partial charge in [0.2, 0.25) is 0 Å². The molecule has 8 nitrogen and oxygen atoms in total. The molecular weight excluding hydrogens is 240 g/mol. The van der Waals surface area contributed by atoms with E-state index in [0.29, 0.717) is 0 Å². The van der Waals surface area contributed by atoms with Gasteiger partial charge in [-0.15, -0.1) is 0 Å². The summed E-state index contributed by atoms with van der Waals surface area (Å²) in [4.78, 5) is 20.7. The standard InChI is InChI=1S/C10H16N4O4/c1-10(6-16)5-14(18-7(10)4-15)13-3-2-8(11)12-9(13)17/h2-3,7,15-16H,4-6H2,1H3,(H2,11,12,17)/t7-,10?/m1/s1. The second-order valence-corrected chi connectivity index (χ2v) is 4.58. The summed E-state index contributed by atoms with van der Waals surface area (Å²) >= 11 is 0. The topological polar surface area (TPSA) is 114 Å². The lowest BCUT2D eigenvalue weighted by atomic mass is 9.86. The molecule has 18 heavy (non-hydrogen) atoms. The van der Waals surface area contributed by atoms with E-state index in [1.165, 1.54) is 17.4 Å². The van der Waals surface area contributed by atoms with E-state index in [1.807, 2.05) is 0 Å². The summed E-state index contributed by atoms with van der Waals surface area (Å²) in [5, 5.41) is 19.9. The van der Waals surface area contributed by atoms with Crippen LogP contribution in [0.4, 0.5) is 5.82 Å². The Kier molecular flexibility index (Phi) is 3.24. The maximum absolute atomic E-state index is 11.6. The van der Waals surface area contributed by atoms with Crippen LogP contribution in [0.3, 0.4) is 0 Å². The van der Waals surface area contributed by atoms with E-state index in [-0.39, 0.29) is 25.6 Å². The summed E-state index contributed by atoms with van der Waals surface area (Å²) in [5.41, 5.74) is 4.18. The van der Waals surface area contributed by atoms with Gasteiger partial charge in [0, 0.05) is 11.6 Å². The van der Waals surface area contributed by atoms with Gasteiger partial charge in [-0.2, -0.15) is 14.8 Å². The average Bonchev–Trinajstić information content (AvgIpc) is 2.67. The van der Waals surface area contributed by atoms with Crippen molar-refractivity contribution in [3.63, 3.8) is 0 Å². The number of nitrogens with two attached hydrogens (primary N) is 1. The fourth-order valence-electron chi connectivity index (χ4n) is 1.83. The van der Waals surface area contributed by atoms with Crippen molar-refractivity contribution in [2.75, 3.05) is 30.7 Å². The second kappa shape index (κ2) is 4.56. The van der Waals surface area contributed by atoms with Crippen molar-refractivity contribution < 1.29 is 15.1 Å². The molecule has 4 N–H and O–H groups in total. The quantitative estimate of drug-likeness (QED) is 0.577. The van der Waals surface area contributed by atoms with Crippen LogP contribution in [0.1, 0.15) is 6.92 Å². The lowest BCUT2D eigenvalue weighted by Crippen LogP contribution is -2.42. The molecular formula is C10H16N4O4. The van der Waals surface area contributed by atoms with Gasteiger partial charge in [0.05, 0.1) is 19.8 Å². The molecule has 0 aromatic carbocycles. The molecule has 1 fully saturated rings. The van der Waals surface area contributed by atoms with E-state index >= 15 is 0 Å². The Labute approximate surface area is 103 Å². The number of aliphatic hydroxyl groups is 2. The Balaban J connectivity index is 2.29. The van der Waals surface area contributed by atoms with Crippen LogP contribution in [0.2, 0.25) is 0 Å². The van der Waals surface area contributed by atoms with Gasteiger partial charge in [-0.3, -0.25) is 4.84 Å². The number of anilines is 1. The van der Waals surface area contributed by atoms with Crippen LogP contribution in [-0.2, 0) is 4.84 Å². The van der Waals surface area contributed by atoms with Gasteiger partial charge in [-0.1, -0.05) is 6.92 Å². The minimum absolute atomic E-state index is 0.124. The molecule has 1 saturated heterocycles. The molecule has 2 heterocycles. The molecule has 2 rings (SSSR count). The lowest BCUT2D eigenvalue weighted by Gasteiger charge is -2.22. The van der Waals surface area contributed by atoms with Crippen molar-refractivity contribution in [2.45, 2.75) is 13.0 Å². The summed E-state index contributed by atoms with van der Waals surface area (Å²) in [5.74, 6) is 0.124. The lowest BCUT2D eigenvalue weighted by molar-refractivity contribution is -0.0342. The van der Waals surface area contributed by atoms with E-state index < -0.39 is 17.2 Å². The Morgan fingerprint density at radius 2 is 2.39 bits per heavy atom. The highest BCUT2D eigenvalue weighted by atomic mass is 16.7. The number of rotatable bonds is 3. The third-order valence-corrected chi connectivity index (χ3v) is 3.10. The first-order chi connectivity index (χ1) is 8.50. The van der Waals surface area contributed by atoms with E-state index in [2.05, 4.69) is 4.98 Å². The number of nitrogens with zero attached hydrogens (tertiary/aromatic N) is 3. The molecule has 0 bridgehead atoms. The van der Waals surface area contributed by atoms with Crippen LogP contribution >= 0.6 is 0 Å².